The molecule has 6 nitrogen and oxygen atoms in total. The van der Waals surface area contributed by atoms with Crippen LogP contribution in [0.25, 0.3) is 0 Å². The fourth-order valence-corrected chi connectivity index (χ4v) is 2.55. The molecule has 0 radical (unpaired) electrons. The van der Waals surface area contributed by atoms with Crippen molar-refractivity contribution in [2.24, 2.45) is 5.92 Å². The van der Waals surface area contributed by atoms with E-state index in [9.17, 15) is 13.5 Å². The molecule has 4 N–H and O–H groups in total. The Hall–Kier alpha value is -0.210. The van der Waals surface area contributed by atoms with Crippen LogP contribution >= 0.6 is 0 Å². The molecule has 1 unspecified atom stereocenters. The third-order valence-electron chi connectivity index (χ3n) is 2.49. The zero-order valence-corrected chi connectivity index (χ0v) is 10.6. The topological polar surface area (TPSA) is 90.5 Å². The summed E-state index contributed by atoms with van der Waals surface area (Å²) < 4.78 is 27.8. The number of hydrogen-bond donors (Lipinski definition) is 4. The lowest BCUT2D eigenvalue weighted by molar-refractivity contribution is 0.0667. The Morgan fingerprint density at radius 2 is 2.12 bits per heavy atom. The van der Waals surface area contributed by atoms with Gasteiger partial charge in [-0.3, -0.25) is 0 Å². The lowest BCUT2D eigenvalue weighted by Gasteiger charge is -2.21. The minimum absolute atomic E-state index is 0.0490. The van der Waals surface area contributed by atoms with Gasteiger partial charge in [0.15, 0.2) is 0 Å². The van der Waals surface area contributed by atoms with Crippen LogP contribution < -0.4 is 14.8 Å². The van der Waals surface area contributed by atoms with Crippen LogP contribution in [-0.4, -0.2) is 45.3 Å². The second kappa shape index (κ2) is 5.42. The van der Waals surface area contributed by atoms with Gasteiger partial charge in [-0.25, -0.2) is 4.72 Å². The molecule has 1 fully saturated rings. The van der Waals surface area contributed by atoms with Gasteiger partial charge >= 0.3 is 0 Å². The zero-order valence-electron chi connectivity index (χ0n) is 9.78. The van der Waals surface area contributed by atoms with Gasteiger partial charge in [-0.05, 0) is 18.9 Å². The smallest absolute Gasteiger partial charge is 0.277 e. The van der Waals surface area contributed by atoms with E-state index in [0.29, 0.717) is 19.5 Å². The molecule has 0 aliphatic carbocycles. The molecule has 1 aliphatic heterocycles. The molecule has 1 aliphatic rings. The van der Waals surface area contributed by atoms with Gasteiger partial charge in [0.1, 0.15) is 0 Å². The normalized spacial score (nSPS) is 26.5. The quantitative estimate of drug-likeness (QED) is 0.477. The van der Waals surface area contributed by atoms with Crippen LogP contribution in [-0.2, 0) is 10.2 Å². The average Bonchev–Trinajstić information content (AvgIpc) is 2.61. The highest BCUT2D eigenvalue weighted by atomic mass is 32.2. The van der Waals surface area contributed by atoms with E-state index < -0.39 is 15.8 Å². The Kier molecular flexibility index (Phi) is 4.69. The van der Waals surface area contributed by atoms with Crippen LogP contribution in [0.1, 0.15) is 20.3 Å². The molecule has 7 heteroatoms. The first-order valence-corrected chi connectivity index (χ1v) is 6.99. The van der Waals surface area contributed by atoms with E-state index in [4.69, 9.17) is 0 Å². The van der Waals surface area contributed by atoms with Crippen molar-refractivity contribution in [2.75, 3.05) is 26.2 Å². The van der Waals surface area contributed by atoms with Crippen LogP contribution in [0.4, 0.5) is 0 Å². The SMILES string of the molecule is CC(C)CNS(=O)(=O)NCC1(O)CCNC1. The van der Waals surface area contributed by atoms with Crippen molar-refractivity contribution in [1.29, 1.82) is 0 Å². The van der Waals surface area contributed by atoms with Gasteiger partial charge in [-0.2, -0.15) is 13.1 Å². The van der Waals surface area contributed by atoms with E-state index in [2.05, 4.69) is 14.8 Å². The number of β-amino-alcohol motifs (C(OH)–C–C–N with tert-alkyl or cyclic N) is 1. The van der Waals surface area contributed by atoms with E-state index in [0.717, 1.165) is 6.54 Å². The summed E-state index contributed by atoms with van der Waals surface area (Å²) in [5.74, 6) is 0.257. The number of rotatable bonds is 6. The molecule has 0 aromatic heterocycles. The van der Waals surface area contributed by atoms with Crippen LogP contribution in [0.15, 0.2) is 0 Å². The van der Waals surface area contributed by atoms with E-state index in [-0.39, 0.29) is 12.5 Å². The Balaban J connectivity index is 2.35. The highest BCUT2D eigenvalue weighted by molar-refractivity contribution is 7.87. The minimum atomic E-state index is -3.49. The second-order valence-corrected chi connectivity index (χ2v) is 6.30. The lowest BCUT2D eigenvalue weighted by Crippen LogP contribution is -2.48. The van der Waals surface area contributed by atoms with Gasteiger partial charge in [0.25, 0.3) is 10.2 Å². The number of hydrogen-bond acceptors (Lipinski definition) is 4. The van der Waals surface area contributed by atoms with Gasteiger partial charge in [-0.15, -0.1) is 0 Å². The first-order valence-electron chi connectivity index (χ1n) is 5.50. The van der Waals surface area contributed by atoms with Gasteiger partial charge in [0, 0.05) is 19.6 Å². The van der Waals surface area contributed by atoms with Crippen molar-refractivity contribution in [3.63, 3.8) is 0 Å². The van der Waals surface area contributed by atoms with Gasteiger partial charge in [0.2, 0.25) is 0 Å². The standard InChI is InChI=1S/C9H21N3O3S/c1-8(2)5-11-16(14,15)12-7-9(13)3-4-10-6-9/h8,10-13H,3-7H2,1-2H3. The Morgan fingerprint density at radius 1 is 1.44 bits per heavy atom. The maximum Gasteiger partial charge on any atom is 0.277 e. The number of aliphatic hydroxyl groups is 1. The Labute approximate surface area is 97.0 Å². The van der Waals surface area contributed by atoms with Crippen LogP contribution in [0.3, 0.4) is 0 Å². The molecule has 1 heterocycles. The lowest BCUT2D eigenvalue weighted by atomic mass is 10.1. The van der Waals surface area contributed by atoms with Crippen molar-refractivity contribution in [2.45, 2.75) is 25.9 Å². The maximum atomic E-state index is 11.5. The monoisotopic (exact) mass is 251 g/mol. The van der Waals surface area contributed by atoms with Gasteiger partial charge in [-0.1, -0.05) is 13.8 Å². The van der Waals surface area contributed by atoms with Crippen LogP contribution in [0, 0.1) is 5.92 Å². The Morgan fingerprint density at radius 3 is 2.62 bits per heavy atom. The van der Waals surface area contributed by atoms with E-state index >= 15 is 0 Å². The summed E-state index contributed by atoms with van der Waals surface area (Å²) in [5, 5.41) is 12.9. The molecule has 0 bridgehead atoms. The molecule has 1 saturated heterocycles. The zero-order chi connectivity index (χ0) is 12.2. The van der Waals surface area contributed by atoms with Gasteiger partial charge < -0.3 is 10.4 Å². The second-order valence-electron chi connectivity index (χ2n) is 4.72. The van der Waals surface area contributed by atoms with E-state index in [1.165, 1.54) is 0 Å². The van der Waals surface area contributed by atoms with Crippen LogP contribution in [0.5, 0.6) is 0 Å². The van der Waals surface area contributed by atoms with Crippen molar-refractivity contribution in [3.05, 3.63) is 0 Å². The summed E-state index contributed by atoms with van der Waals surface area (Å²) in [6.07, 6.45) is 0.569. The van der Waals surface area contributed by atoms with E-state index in [1.807, 2.05) is 13.8 Å². The van der Waals surface area contributed by atoms with Gasteiger partial charge in [0.05, 0.1) is 5.60 Å². The molecule has 0 spiro atoms. The Bertz CT molecular complexity index is 310. The van der Waals surface area contributed by atoms with Crippen molar-refractivity contribution in [1.82, 2.24) is 14.8 Å². The molecule has 0 aromatic rings. The van der Waals surface area contributed by atoms with Crippen molar-refractivity contribution >= 4 is 10.2 Å². The molecule has 1 rings (SSSR count). The predicted octanol–water partition coefficient (Wildman–Crippen LogP) is -1.21. The predicted molar refractivity (Wildman–Crippen MR) is 62.2 cm³/mol. The minimum Gasteiger partial charge on any atom is -0.387 e. The number of nitrogens with one attached hydrogen (secondary N) is 3. The molecule has 0 amide bonds. The van der Waals surface area contributed by atoms with Crippen molar-refractivity contribution < 1.29 is 13.5 Å². The summed E-state index contributed by atoms with van der Waals surface area (Å²) in [5.41, 5.74) is -0.952. The molecule has 0 aromatic carbocycles. The molecule has 0 saturated carbocycles. The first kappa shape index (κ1) is 13.9. The molecule has 96 valence electrons. The average molecular weight is 251 g/mol. The third kappa shape index (κ3) is 4.75. The summed E-state index contributed by atoms with van der Waals surface area (Å²) >= 11 is 0. The van der Waals surface area contributed by atoms with Crippen molar-refractivity contribution in [3.8, 4) is 0 Å². The summed E-state index contributed by atoms with van der Waals surface area (Å²) in [7, 11) is -3.49. The molecular formula is C9H21N3O3S. The largest absolute Gasteiger partial charge is 0.387 e. The third-order valence-corrected chi connectivity index (χ3v) is 3.57. The summed E-state index contributed by atoms with van der Waals surface area (Å²) in [6.45, 7) is 5.45. The molecular weight excluding hydrogens is 230 g/mol. The summed E-state index contributed by atoms with van der Waals surface area (Å²) in [4.78, 5) is 0. The van der Waals surface area contributed by atoms with E-state index in [1.54, 1.807) is 0 Å². The molecule has 1 atom stereocenters. The maximum absolute atomic E-state index is 11.5. The fraction of sp³-hybridized carbons (Fsp3) is 1.00. The summed E-state index contributed by atoms with van der Waals surface area (Å²) in [6, 6.07) is 0. The van der Waals surface area contributed by atoms with Crippen LogP contribution in [0.2, 0.25) is 0 Å². The molecule has 16 heavy (non-hydrogen) atoms. The highest BCUT2D eigenvalue weighted by Gasteiger charge is 2.32. The fourth-order valence-electron chi connectivity index (χ4n) is 1.44. The first-order chi connectivity index (χ1) is 7.33. The highest BCUT2D eigenvalue weighted by Crippen LogP contribution is 2.12.